The van der Waals surface area contributed by atoms with Crippen LogP contribution in [0, 0.1) is 28.1 Å². The number of carbonyl (C=O) groups is 3. The van der Waals surface area contributed by atoms with Crippen LogP contribution >= 0.6 is 0 Å². The molecule has 0 aromatic carbocycles. The highest BCUT2D eigenvalue weighted by Gasteiger charge is 2.81. The fourth-order valence-corrected chi connectivity index (χ4v) is 8.47. The van der Waals surface area contributed by atoms with Crippen LogP contribution in [-0.4, -0.2) is 70.7 Å². The number of hydrogen-bond acceptors (Lipinski definition) is 10. The minimum absolute atomic E-state index is 0.0388. The Labute approximate surface area is 208 Å². The number of ketones is 1. The van der Waals surface area contributed by atoms with Crippen LogP contribution in [0.15, 0.2) is 23.0 Å². The molecule has 10 heteroatoms. The van der Waals surface area contributed by atoms with Gasteiger partial charge in [-0.05, 0) is 38.7 Å². The van der Waals surface area contributed by atoms with Gasteiger partial charge in [-0.2, -0.15) is 0 Å². The highest BCUT2D eigenvalue weighted by atomic mass is 16.6. The Bertz CT molecular complexity index is 1070. The summed E-state index contributed by atoms with van der Waals surface area (Å²) in [7, 11) is 1.27. The number of esters is 2. The van der Waals surface area contributed by atoms with E-state index in [1.807, 2.05) is 6.92 Å². The Morgan fingerprint density at radius 1 is 1.28 bits per heavy atom. The minimum Gasteiger partial charge on any atom is -0.472 e. The summed E-state index contributed by atoms with van der Waals surface area (Å²) in [6.45, 7) is 4.71. The molecule has 0 bridgehead atoms. The van der Waals surface area contributed by atoms with Crippen molar-refractivity contribution in [3.05, 3.63) is 24.2 Å². The number of ether oxygens (including phenoxy) is 3. The molecule has 4 aliphatic rings. The van der Waals surface area contributed by atoms with Crippen molar-refractivity contribution in [3.63, 3.8) is 0 Å². The maximum absolute atomic E-state index is 14.1. The van der Waals surface area contributed by atoms with Crippen molar-refractivity contribution in [2.45, 2.75) is 76.5 Å². The number of fused-ring (bicyclic) bond motifs is 5. The van der Waals surface area contributed by atoms with Gasteiger partial charge < -0.3 is 33.9 Å². The first-order valence-corrected chi connectivity index (χ1v) is 12.4. The Morgan fingerprint density at radius 3 is 2.61 bits per heavy atom. The summed E-state index contributed by atoms with van der Waals surface area (Å²) in [5.74, 6) is -2.96. The highest BCUT2D eigenvalue weighted by molar-refractivity contribution is 5.91. The average Bonchev–Trinajstić information content (AvgIpc) is 3.47. The van der Waals surface area contributed by atoms with Crippen LogP contribution in [0.2, 0.25) is 0 Å². The number of methoxy groups -OCH3 is 1. The van der Waals surface area contributed by atoms with E-state index in [1.165, 1.54) is 19.6 Å². The van der Waals surface area contributed by atoms with Crippen LogP contribution in [0.25, 0.3) is 0 Å². The van der Waals surface area contributed by atoms with E-state index in [2.05, 4.69) is 0 Å². The molecule has 10 atom stereocenters. The first kappa shape index (κ1) is 25.4. The fourth-order valence-electron chi connectivity index (χ4n) is 8.47. The smallest absolute Gasteiger partial charge is 0.338 e. The van der Waals surface area contributed by atoms with E-state index in [4.69, 9.17) is 18.6 Å². The number of carbonyl (C=O) groups excluding carboxylic acids is 3. The predicted octanol–water partition coefficient (Wildman–Crippen LogP) is 1.31. The second-order valence-electron chi connectivity index (χ2n) is 11.4. The van der Waals surface area contributed by atoms with Gasteiger partial charge in [-0.25, -0.2) is 4.79 Å². The van der Waals surface area contributed by atoms with Crippen molar-refractivity contribution < 1.29 is 48.3 Å². The third-order valence-electron chi connectivity index (χ3n) is 10.3. The number of aliphatic hydroxyl groups excluding tert-OH is 2. The lowest BCUT2D eigenvalue weighted by atomic mass is 9.36. The average molecular weight is 507 g/mol. The highest BCUT2D eigenvalue weighted by Crippen LogP contribution is 2.73. The molecule has 0 amide bonds. The van der Waals surface area contributed by atoms with Gasteiger partial charge in [-0.15, -0.1) is 0 Å². The van der Waals surface area contributed by atoms with Crippen LogP contribution in [0.4, 0.5) is 0 Å². The summed E-state index contributed by atoms with van der Waals surface area (Å²) in [5.41, 5.74) is -5.69. The summed E-state index contributed by atoms with van der Waals surface area (Å²) in [5, 5.41) is 34.8. The molecule has 198 valence electrons. The fraction of sp³-hybridized carbons (Fsp3) is 0.731. The summed E-state index contributed by atoms with van der Waals surface area (Å²) < 4.78 is 21.9. The largest absolute Gasteiger partial charge is 0.472 e. The number of aliphatic hydroxyl groups is 3. The molecule has 2 saturated carbocycles. The van der Waals surface area contributed by atoms with Crippen LogP contribution in [0.5, 0.6) is 0 Å². The molecule has 0 spiro atoms. The lowest BCUT2D eigenvalue weighted by Crippen LogP contribution is -2.80. The van der Waals surface area contributed by atoms with Gasteiger partial charge in [0.25, 0.3) is 0 Å². The van der Waals surface area contributed by atoms with Gasteiger partial charge in [-0.3, -0.25) is 9.59 Å². The van der Waals surface area contributed by atoms with E-state index in [0.29, 0.717) is 12.0 Å². The van der Waals surface area contributed by atoms with Crippen molar-refractivity contribution in [1.29, 1.82) is 0 Å². The van der Waals surface area contributed by atoms with Crippen molar-refractivity contribution in [1.82, 2.24) is 0 Å². The maximum Gasteiger partial charge on any atom is 0.338 e. The van der Waals surface area contributed by atoms with E-state index in [1.54, 1.807) is 19.9 Å². The molecule has 4 fully saturated rings. The van der Waals surface area contributed by atoms with Gasteiger partial charge >= 0.3 is 11.9 Å². The molecule has 1 aromatic rings. The molecule has 3 heterocycles. The van der Waals surface area contributed by atoms with E-state index < -0.39 is 76.6 Å². The van der Waals surface area contributed by atoms with Gasteiger partial charge in [0.1, 0.15) is 17.5 Å². The van der Waals surface area contributed by atoms with Gasteiger partial charge in [0.15, 0.2) is 6.10 Å². The number of Topliss-reactive ketones (excluding diaryl/α,β-unsaturated/α-hetero) is 1. The van der Waals surface area contributed by atoms with Crippen molar-refractivity contribution >= 4 is 17.7 Å². The molecular formula is C26H34O10. The Hall–Kier alpha value is -2.27. The molecular weight excluding hydrogens is 472 g/mol. The predicted molar refractivity (Wildman–Crippen MR) is 121 cm³/mol. The first-order valence-electron chi connectivity index (χ1n) is 12.4. The first-order chi connectivity index (χ1) is 16.9. The second-order valence-corrected chi connectivity index (χ2v) is 11.4. The molecule has 3 N–H and O–H groups in total. The van der Waals surface area contributed by atoms with Crippen LogP contribution in [0.3, 0.4) is 0 Å². The van der Waals surface area contributed by atoms with E-state index >= 15 is 0 Å². The Balaban J connectivity index is 1.69. The van der Waals surface area contributed by atoms with Gasteiger partial charge in [0.2, 0.25) is 0 Å². The molecule has 5 rings (SSSR count). The normalized spacial score (nSPS) is 48.0. The quantitative estimate of drug-likeness (QED) is 0.510. The monoisotopic (exact) mass is 506 g/mol. The molecule has 10 unspecified atom stereocenters. The molecule has 2 saturated heterocycles. The molecule has 0 radical (unpaired) electrons. The third kappa shape index (κ3) is 2.78. The lowest BCUT2D eigenvalue weighted by molar-refractivity contribution is -0.319. The summed E-state index contributed by atoms with van der Waals surface area (Å²) in [4.78, 5) is 39.4. The minimum atomic E-state index is -2.23. The van der Waals surface area contributed by atoms with Gasteiger partial charge in [0, 0.05) is 28.7 Å². The standard InChI is InChI=1S/C26H34O10/c1-13-15-9-17(28)24(3)16(25(15,12-27)18(35-13)10-19(29)33-4)5-7-23(2)21(14-6-8-34-11-14)36-22(31)20(30)26(23,24)32/h6,8,11,13,15-16,18,20-21,27,30,32H,5,7,9-10,12H2,1-4H3. The van der Waals surface area contributed by atoms with Gasteiger partial charge in [-0.1, -0.05) is 6.92 Å². The summed E-state index contributed by atoms with van der Waals surface area (Å²) >= 11 is 0. The van der Waals surface area contributed by atoms with Crippen molar-refractivity contribution in [2.75, 3.05) is 13.7 Å². The number of cyclic esters (lactones) is 1. The maximum atomic E-state index is 14.1. The van der Waals surface area contributed by atoms with Crippen LogP contribution < -0.4 is 0 Å². The van der Waals surface area contributed by atoms with E-state index in [0.717, 1.165) is 0 Å². The molecule has 10 nitrogen and oxygen atoms in total. The lowest BCUT2D eigenvalue weighted by Gasteiger charge is -2.69. The van der Waals surface area contributed by atoms with Crippen LogP contribution in [0.1, 0.15) is 58.1 Å². The SMILES string of the molecule is COC(=O)CC1OC(C)C2CC(=O)C3(C)C(CCC4(C)C(c5ccoc5)OC(=O)C(O)C43O)C12CO. The molecule has 2 aliphatic heterocycles. The second kappa shape index (κ2) is 8.11. The third-order valence-corrected chi connectivity index (χ3v) is 10.3. The van der Waals surface area contributed by atoms with E-state index in [-0.39, 0.29) is 25.0 Å². The van der Waals surface area contributed by atoms with Crippen molar-refractivity contribution in [2.24, 2.45) is 28.1 Å². The molecule has 1 aromatic heterocycles. The zero-order valence-electron chi connectivity index (χ0n) is 20.9. The zero-order chi connectivity index (χ0) is 26.3. The summed E-state index contributed by atoms with van der Waals surface area (Å²) in [6.07, 6.45) is -0.836. The molecule has 2 aliphatic carbocycles. The Morgan fingerprint density at radius 2 is 2.00 bits per heavy atom. The zero-order valence-corrected chi connectivity index (χ0v) is 20.9. The summed E-state index contributed by atoms with van der Waals surface area (Å²) in [6, 6.07) is 1.63. The van der Waals surface area contributed by atoms with Gasteiger partial charge in [0.05, 0.1) is 50.3 Å². The topological polar surface area (TPSA) is 153 Å². The van der Waals surface area contributed by atoms with Crippen LogP contribution in [-0.2, 0) is 28.6 Å². The molecule has 36 heavy (non-hydrogen) atoms. The number of hydrogen-bond donors (Lipinski definition) is 3. The number of rotatable bonds is 4. The number of furan rings is 1. The van der Waals surface area contributed by atoms with E-state index in [9.17, 15) is 29.7 Å². The van der Waals surface area contributed by atoms with Crippen molar-refractivity contribution in [3.8, 4) is 0 Å². The Kier molecular flexibility index (Phi) is 5.72.